The summed E-state index contributed by atoms with van der Waals surface area (Å²) in [4.78, 5) is 7.25. The molecule has 1 aromatic rings. The zero-order chi connectivity index (χ0) is 17.2. The van der Waals surface area contributed by atoms with Gasteiger partial charge in [0.25, 0.3) is 0 Å². The van der Waals surface area contributed by atoms with E-state index in [2.05, 4.69) is 35.4 Å². The number of piperidine rings is 1. The Bertz CT molecular complexity index is 524. The van der Waals surface area contributed by atoms with Crippen LogP contribution in [0.4, 0.5) is 0 Å². The molecule has 1 aromatic carbocycles. The van der Waals surface area contributed by atoms with Crippen LogP contribution in [0.15, 0.2) is 29.3 Å². The largest absolute Gasteiger partial charge is 0.496 e. The second-order valence-corrected chi connectivity index (χ2v) is 6.29. The van der Waals surface area contributed by atoms with Gasteiger partial charge in [-0.05, 0) is 44.8 Å². The lowest BCUT2D eigenvalue weighted by atomic mass is 9.98. The summed E-state index contributed by atoms with van der Waals surface area (Å²) in [5, 5.41) is 6.85. The second kappa shape index (κ2) is 12.4. The molecule has 1 saturated heterocycles. The number of nitrogens with one attached hydrogen (secondary N) is 2. The van der Waals surface area contributed by atoms with E-state index in [0.29, 0.717) is 12.5 Å². The molecule has 1 aliphatic rings. The van der Waals surface area contributed by atoms with Crippen molar-refractivity contribution in [3.8, 4) is 5.75 Å². The molecule has 25 heavy (non-hydrogen) atoms. The molecule has 1 aliphatic heterocycles. The summed E-state index contributed by atoms with van der Waals surface area (Å²) in [6.07, 6.45) is 2.60. The van der Waals surface area contributed by atoms with Gasteiger partial charge in [0.1, 0.15) is 5.75 Å². The predicted molar refractivity (Wildman–Crippen MR) is 116 cm³/mol. The number of hydrogen-bond acceptors (Lipinski definition) is 3. The van der Waals surface area contributed by atoms with E-state index in [4.69, 9.17) is 9.73 Å². The summed E-state index contributed by atoms with van der Waals surface area (Å²) < 4.78 is 5.40. The first-order chi connectivity index (χ1) is 11.8. The van der Waals surface area contributed by atoms with Gasteiger partial charge in [-0.2, -0.15) is 0 Å². The maximum absolute atomic E-state index is 5.40. The highest BCUT2D eigenvalue weighted by Crippen LogP contribution is 2.18. The Morgan fingerprint density at radius 1 is 1.28 bits per heavy atom. The van der Waals surface area contributed by atoms with Crippen molar-refractivity contribution in [1.82, 2.24) is 15.5 Å². The van der Waals surface area contributed by atoms with Crippen molar-refractivity contribution in [3.05, 3.63) is 29.8 Å². The van der Waals surface area contributed by atoms with Crippen molar-refractivity contribution >= 4 is 29.9 Å². The minimum Gasteiger partial charge on any atom is -0.496 e. The molecule has 2 N–H and O–H groups in total. The Morgan fingerprint density at radius 3 is 2.80 bits per heavy atom. The number of hydrogen-bond donors (Lipinski definition) is 2. The van der Waals surface area contributed by atoms with Crippen LogP contribution in [0.3, 0.4) is 0 Å². The molecule has 1 unspecified atom stereocenters. The van der Waals surface area contributed by atoms with Crippen LogP contribution in [-0.4, -0.2) is 50.7 Å². The quantitative estimate of drug-likeness (QED) is 0.373. The Hall–Kier alpha value is -1.02. The highest BCUT2D eigenvalue weighted by Gasteiger charge is 2.18. The van der Waals surface area contributed by atoms with Gasteiger partial charge in [0, 0.05) is 25.2 Å². The van der Waals surface area contributed by atoms with Gasteiger partial charge in [-0.3, -0.25) is 0 Å². The van der Waals surface area contributed by atoms with Crippen molar-refractivity contribution in [2.45, 2.75) is 33.2 Å². The van der Waals surface area contributed by atoms with Crippen molar-refractivity contribution < 1.29 is 4.74 Å². The zero-order valence-electron chi connectivity index (χ0n) is 15.8. The van der Waals surface area contributed by atoms with E-state index >= 15 is 0 Å². The van der Waals surface area contributed by atoms with E-state index in [1.807, 2.05) is 18.2 Å². The molecule has 0 bridgehead atoms. The first-order valence-electron chi connectivity index (χ1n) is 9.13. The van der Waals surface area contributed by atoms with E-state index in [1.165, 1.54) is 25.9 Å². The molecule has 1 fully saturated rings. The molecule has 0 radical (unpaired) electrons. The van der Waals surface area contributed by atoms with Crippen molar-refractivity contribution in [1.29, 1.82) is 0 Å². The van der Waals surface area contributed by atoms with Crippen LogP contribution >= 0.6 is 24.0 Å². The third-order valence-electron chi connectivity index (χ3n) is 4.55. The Morgan fingerprint density at radius 2 is 2.08 bits per heavy atom. The minimum atomic E-state index is 0. The number of ether oxygens (including phenoxy) is 1. The maximum atomic E-state index is 5.40. The molecule has 0 saturated carbocycles. The van der Waals surface area contributed by atoms with Crippen molar-refractivity contribution in [3.63, 3.8) is 0 Å². The van der Waals surface area contributed by atoms with Crippen molar-refractivity contribution in [2.24, 2.45) is 10.9 Å². The molecule has 2 rings (SSSR count). The van der Waals surface area contributed by atoms with E-state index in [1.54, 1.807) is 7.11 Å². The fourth-order valence-corrected chi connectivity index (χ4v) is 3.19. The lowest BCUT2D eigenvalue weighted by Crippen LogP contribution is -2.44. The Labute approximate surface area is 169 Å². The van der Waals surface area contributed by atoms with E-state index in [-0.39, 0.29) is 24.0 Å². The number of likely N-dealkylation sites (tertiary alicyclic amines) is 1. The first kappa shape index (κ1) is 22.0. The fraction of sp³-hybridized carbons (Fsp3) is 0.632. The van der Waals surface area contributed by atoms with Gasteiger partial charge in [-0.25, -0.2) is 4.99 Å². The highest BCUT2D eigenvalue weighted by molar-refractivity contribution is 14.0. The van der Waals surface area contributed by atoms with Gasteiger partial charge in [0.05, 0.1) is 13.7 Å². The predicted octanol–water partition coefficient (Wildman–Crippen LogP) is 3.10. The van der Waals surface area contributed by atoms with Gasteiger partial charge in [0.15, 0.2) is 5.96 Å². The van der Waals surface area contributed by atoms with Crippen LogP contribution in [0.1, 0.15) is 32.3 Å². The lowest BCUT2D eigenvalue weighted by molar-refractivity contribution is 0.183. The SMILES string of the molecule is CCNC(=NCc1ccccc1OC)NCC1CCCN(CC)C1.I. The van der Waals surface area contributed by atoms with Crippen LogP contribution in [0.2, 0.25) is 0 Å². The summed E-state index contributed by atoms with van der Waals surface area (Å²) in [5.41, 5.74) is 1.10. The molecule has 1 heterocycles. The van der Waals surface area contributed by atoms with E-state index < -0.39 is 0 Å². The smallest absolute Gasteiger partial charge is 0.191 e. The topological polar surface area (TPSA) is 48.9 Å². The molecule has 0 aliphatic carbocycles. The van der Waals surface area contributed by atoms with E-state index in [0.717, 1.165) is 36.9 Å². The monoisotopic (exact) mass is 460 g/mol. The number of halogens is 1. The molecule has 0 spiro atoms. The average molecular weight is 460 g/mol. The molecule has 142 valence electrons. The van der Waals surface area contributed by atoms with Crippen LogP contribution in [0.5, 0.6) is 5.75 Å². The number of aliphatic imine (C=N–C) groups is 1. The molecular formula is C19H33IN4O. The number of methoxy groups -OCH3 is 1. The number of para-hydroxylation sites is 1. The van der Waals surface area contributed by atoms with Gasteiger partial charge in [-0.1, -0.05) is 25.1 Å². The van der Waals surface area contributed by atoms with Crippen molar-refractivity contribution in [2.75, 3.05) is 39.8 Å². The third kappa shape index (κ3) is 7.40. The van der Waals surface area contributed by atoms with Crippen LogP contribution in [-0.2, 0) is 6.54 Å². The van der Waals surface area contributed by atoms with Gasteiger partial charge >= 0.3 is 0 Å². The molecular weight excluding hydrogens is 427 g/mol. The fourth-order valence-electron chi connectivity index (χ4n) is 3.19. The second-order valence-electron chi connectivity index (χ2n) is 6.29. The molecule has 0 aromatic heterocycles. The number of benzene rings is 1. The summed E-state index contributed by atoms with van der Waals surface area (Å²) in [6.45, 7) is 10.4. The number of guanidine groups is 1. The maximum Gasteiger partial charge on any atom is 0.191 e. The van der Waals surface area contributed by atoms with Gasteiger partial charge in [-0.15, -0.1) is 24.0 Å². The zero-order valence-corrected chi connectivity index (χ0v) is 18.1. The standard InChI is InChI=1S/C19H32N4O.HI/c1-4-20-19(21-13-16-9-8-12-23(5-2)15-16)22-14-17-10-6-7-11-18(17)24-3;/h6-7,10-11,16H,4-5,8-9,12-15H2,1-3H3,(H2,20,21,22);1H. The molecule has 1 atom stereocenters. The Balaban J connectivity index is 0.00000312. The number of nitrogens with zero attached hydrogens (tertiary/aromatic N) is 2. The molecule has 6 heteroatoms. The normalized spacial score (nSPS) is 18.4. The minimum absolute atomic E-state index is 0. The lowest BCUT2D eigenvalue weighted by Gasteiger charge is -2.32. The average Bonchev–Trinajstić information content (AvgIpc) is 2.64. The third-order valence-corrected chi connectivity index (χ3v) is 4.55. The number of rotatable bonds is 7. The van der Waals surface area contributed by atoms with Crippen LogP contribution in [0.25, 0.3) is 0 Å². The summed E-state index contributed by atoms with van der Waals surface area (Å²) in [6, 6.07) is 8.05. The summed E-state index contributed by atoms with van der Waals surface area (Å²) in [7, 11) is 1.70. The summed E-state index contributed by atoms with van der Waals surface area (Å²) >= 11 is 0. The first-order valence-corrected chi connectivity index (χ1v) is 9.13. The Kier molecular flexibility index (Phi) is 10.9. The molecule has 0 amide bonds. The van der Waals surface area contributed by atoms with E-state index in [9.17, 15) is 0 Å². The van der Waals surface area contributed by atoms with Gasteiger partial charge in [0.2, 0.25) is 0 Å². The highest BCUT2D eigenvalue weighted by atomic mass is 127. The molecule has 5 nitrogen and oxygen atoms in total. The summed E-state index contributed by atoms with van der Waals surface area (Å²) in [5.74, 6) is 2.48. The van der Waals surface area contributed by atoms with Crippen LogP contribution < -0.4 is 15.4 Å². The van der Waals surface area contributed by atoms with Gasteiger partial charge < -0.3 is 20.3 Å². The van der Waals surface area contributed by atoms with Crippen LogP contribution in [0, 0.1) is 5.92 Å².